The summed E-state index contributed by atoms with van der Waals surface area (Å²) in [5.74, 6) is 3.38. The Morgan fingerprint density at radius 3 is 2.55 bits per heavy atom. The Hall–Kier alpha value is -2.97. The van der Waals surface area contributed by atoms with Crippen molar-refractivity contribution in [1.82, 2.24) is 29.7 Å². The lowest BCUT2D eigenvalue weighted by atomic mass is 10.0. The normalized spacial score (nSPS) is 17.7. The molecule has 4 heterocycles. The summed E-state index contributed by atoms with van der Waals surface area (Å²) >= 11 is 0. The lowest BCUT2D eigenvalue weighted by Crippen LogP contribution is -2.46. The molecule has 9 nitrogen and oxygen atoms in total. The number of anilines is 2. The molecule has 2 aliphatic rings. The summed E-state index contributed by atoms with van der Waals surface area (Å²) in [5.41, 5.74) is 0.891. The van der Waals surface area contributed by atoms with Crippen molar-refractivity contribution in [2.75, 3.05) is 30.0 Å². The quantitative estimate of drug-likeness (QED) is 0.650. The molecule has 0 N–H and O–H groups in total. The van der Waals surface area contributed by atoms with Gasteiger partial charge in [0.15, 0.2) is 5.65 Å². The van der Waals surface area contributed by atoms with Gasteiger partial charge in [0.25, 0.3) is 0 Å². The maximum atomic E-state index is 5.31. The molecule has 0 aromatic carbocycles. The molecule has 9 heteroatoms. The molecule has 0 bridgehead atoms. The largest absolute Gasteiger partial charge is 0.481 e. The fourth-order valence-electron chi connectivity index (χ4n) is 4.32. The Balaban J connectivity index is 1.37. The van der Waals surface area contributed by atoms with Crippen LogP contribution in [0.5, 0.6) is 5.88 Å². The molecular formula is C20H26N8O. The number of aryl methyl sites for hydroxylation is 2. The summed E-state index contributed by atoms with van der Waals surface area (Å²) in [6, 6.07) is 3.00. The van der Waals surface area contributed by atoms with Crippen molar-refractivity contribution in [3.8, 4) is 5.88 Å². The SMILES string of the molecule is COc1cc(N(C2CC2)C2CCN(c3nc(C)nc4c3cnn4C)CC2)ncn1. The molecule has 5 rings (SSSR count). The lowest BCUT2D eigenvalue weighted by Gasteiger charge is -2.40. The molecule has 1 aliphatic heterocycles. The molecule has 0 atom stereocenters. The first-order valence-corrected chi connectivity index (χ1v) is 10.2. The first-order chi connectivity index (χ1) is 14.1. The Labute approximate surface area is 169 Å². The van der Waals surface area contributed by atoms with E-state index in [4.69, 9.17) is 9.72 Å². The number of methoxy groups -OCH3 is 1. The number of aromatic nitrogens is 6. The molecule has 1 aliphatic carbocycles. The molecule has 152 valence electrons. The van der Waals surface area contributed by atoms with Crippen LogP contribution in [0.15, 0.2) is 18.6 Å². The molecule has 0 unspecified atom stereocenters. The zero-order valence-electron chi connectivity index (χ0n) is 17.1. The first kappa shape index (κ1) is 18.1. The number of ether oxygens (including phenoxy) is 1. The second-order valence-corrected chi connectivity index (χ2v) is 7.88. The van der Waals surface area contributed by atoms with Crippen LogP contribution in [0, 0.1) is 6.92 Å². The van der Waals surface area contributed by atoms with Gasteiger partial charge in [0, 0.05) is 38.3 Å². The van der Waals surface area contributed by atoms with Gasteiger partial charge in [-0.1, -0.05) is 0 Å². The van der Waals surface area contributed by atoms with Crippen LogP contribution >= 0.6 is 0 Å². The third-order valence-corrected chi connectivity index (χ3v) is 5.88. The third kappa shape index (κ3) is 3.34. The average Bonchev–Trinajstić information content (AvgIpc) is 3.51. The number of hydrogen-bond acceptors (Lipinski definition) is 8. The van der Waals surface area contributed by atoms with Crippen LogP contribution in [0.3, 0.4) is 0 Å². The predicted molar refractivity (Wildman–Crippen MR) is 110 cm³/mol. The van der Waals surface area contributed by atoms with Gasteiger partial charge in [-0.2, -0.15) is 5.10 Å². The summed E-state index contributed by atoms with van der Waals surface area (Å²) in [6.45, 7) is 3.85. The molecule has 0 spiro atoms. The molecule has 1 saturated heterocycles. The Morgan fingerprint density at radius 1 is 1.07 bits per heavy atom. The van der Waals surface area contributed by atoms with Crippen LogP contribution in [0.2, 0.25) is 0 Å². The predicted octanol–water partition coefficient (Wildman–Crippen LogP) is 2.11. The van der Waals surface area contributed by atoms with Crippen molar-refractivity contribution in [1.29, 1.82) is 0 Å². The van der Waals surface area contributed by atoms with E-state index in [0.29, 0.717) is 18.0 Å². The van der Waals surface area contributed by atoms with Gasteiger partial charge in [-0.3, -0.25) is 4.68 Å². The number of piperidine rings is 1. The van der Waals surface area contributed by atoms with Crippen LogP contribution in [-0.4, -0.2) is 62.0 Å². The molecule has 2 fully saturated rings. The molecule has 0 amide bonds. The van der Waals surface area contributed by atoms with Gasteiger partial charge in [0.2, 0.25) is 5.88 Å². The maximum Gasteiger partial charge on any atom is 0.218 e. The van der Waals surface area contributed by atoms with Gasteiger partial charge in [0.05, 0.1) is 18.7 Å². The fourth-order valence-corrected chi connectivity index (χ4v) is 4.32. The number of fused-ring (bicyclic) bond motifs is 1. The van der Waals surface area contributed by atoms with Crippen molar-refractivity contribution >= 4 is 22.7 Å². The van der Waals surface area contributed by atoms with Crippen LogP contribution in [-0.2, 0) is 7.05 Å². The minimum Gasteiger partial charge on any atom is -0.481 e. The number of rotatable bonds is 5. The van der Waals surface area contributed by atoms with Gasteiger partial charge in [-0.15, -0.1) is 0 Å². The smallest absolute Gasteiger partial charge is 0.218 e. The van der Waals surface area contributed by atoms with Gasteiger partial charge < -0.3 is 14.5 Å². The lowest BCUT2D eigenvalue weighted by molar-refractivity contribution is 0.395. The van der Waals surface area contributed by atoms with Crippen molar-refractivity contribution in [2.24, 2.45) is 7.05 Å². The highest BCUT2D eigenvalue weighted by molar-refractivity contribution is 5.87. The van der Waals surface area contributed by atoms with E-state index in [1.165, 1.54) is 12.8 Å². The summed E-state index contributed by atoms with van der Waals surface area (Å²) < 4.78 is 7.13. The van der Waals surface area contributed by atoms with Crippen LogP contribution < -0.4 is 14.5 Å². The van der Waals surface area contributed by atoms with Crippen LogP contribution in [0.25, 0.3) is 11.0 Å². The van der Waals surface area contributed by atoms with Gasteiger partial charge in [-0.05, 0) is 32.6 Å². The van der Waals surface area contributed by atoms with Gasteiger partial charge in [0.1, 0.15) is 23.8 Å². The first-order valence-electron chi connectivity index (χ1n) is 10.2. The van der Waals surface area contributed by atoms with Crippen molar-refractivity contribution < 1.29 is 4.74 Å². The summed E-state index contributed by atoms with van der Waals surface area (Å²) in [4.78, 5) is 22.9. The summed E-state index contributed by atoms with van der Waals surface area (Å²) in [6.07, 6.45) is 8.06. The Kier molecular flexibility index (Phi) is 4.44. The molecule has 3 aromatic heterocycles. The van der Waals surface area contributed by atoms with Crippen LogP contribution in [0.1, 0.15) is 31.5 Å². The highest BCUT2D eigenvalue weighted by Crippen LogP contribution is 2.37. The van der Waals surface area contributed by atoms with E-state index in [1.807, 2.05) is 30.9 Å². The van der Waals surface area contributed by atoms with E-state index < -0.39 is 0 Å². The molecule has 3 aromatic rings. The third-order valence-electron chi connectivity index (χ3n) is 5.88. The van der Waals surface area contributed by atoms with Crippen molar-refractivity contribution in [3.05, 3.63) is 24.4 Å². The second-order valence-electron chi connectivity index (χ2n) is 7.88. The zero-order valence-corrected chi connectivity index (χ0v) is 17.1. The number of hydrogen-bond donors (Lipinski definition) is 0. The summed E-state index contributed by atoms with van der Waals surface area (Å²) in [7, 11) is 3.57. The Bertz CT molecular complexity index is 1020. The molecule has 0 radical (unpaired) electrons. The standard InChI is InChI=1S/C20H26N8O/c1-13-24-19-16(11-23-26(19)2)20(25-13)27-8-6-15(7-9-27)28(14-4-5-14)17-10-18(29-3)22-12-21-17/h10-12,14-15H,4-9H2,1-3H3. The van der Waals surface area contributed by atoms with E-state index >= 15 is 0 Å². The second kappa shape index (κ2) is 7.13. The fraction of sp³-hybridized carbons (Fsp3) is 0.550. The molecular weight excluding hydrogens is 368 g/mol. The maximum absolute atomic E-state index is 5.31. The van der Waals surface area contributed by atoms with Gasteiger partial charge in [-0.25, -0.2) is 19.9 Å². The van der Waals surface area contributed by atoms with E-state index in [0.717, 1.165) is 54.4 Å². The molecule has 1 saturated carbocycles. The Morgan fingerprint density at radius 2 is 1.83 bits per heavy atom. The minimum atomic E-state index is 0.464. The average molecular weight is 394 g/mol. The van der Waals surface area contributed by atoms with E-state index in [-0.39, 0.29) is 0 Å². The van der Waals surface area contributed by atoms with E-state index in [9.17, 15) is 0 Å². The zero-order chi connectivity index (χ0) is 20.0. The van der Waals surface area contributed by atoms with E-state index in [2.05, 4.69) is 29.9 Å². The highest BCUT2D eigenvalue weighted by Gasteiger charge is 2.37. The topological polar surface area (TPSA) is 85.1 Å². The van der Waals surface area contributed by atoms with Gasteiger partial charge >= 0.3 is 0 Å². The van der Waals surface area contributed by atoms with E-state index in [1.54, 1.807) is 13.4 Å². The summed E-state index contributed by atoms with van der Waals surface area (Å²) in [5, 5.41) is 5.40. The molecule has 29 heavy (non-hydrogen) atoms. The van der Waals surface area contributed by atoms with Crippen LogP contribution in [0.4, 0.5) is 11.6 Å². The van der Waals surface area contributed by atoms with Crippen molar-refractivity contribution in [2.45, 2.75) is 44.7 Å². The monoisotopic (exact) mass is 394 g/mol. The minimum absolute atomic E-state index is 0.464. The van der Waals surface area contributed by atoms with Crippen molar-refractivity contribution in [3.63, 3.8) is 0 Å². The highest BCUT2D eigenvalue weighted by atomic mass is 16.5. The number of nitrogens with zero attached hydrogens (tertiary/aromatic N) is 8.